The van der Waals surface area contributed by atoms with E-state index in [-0.39, 0.29) is 25.2 Å². The molecular formula is C13H24O5. The maximum absolute atomic E-state index is 11.4. The maximum atomic E-state index is 11.4. The summed E-state index contributed by atoms with van der Waals surface area (Å²) in [7, 11) is 0. The number of carbonyl (C=O) groups is 2. The van der Waals surface area contributed by atoms with Crippen molar-refractivity contribution in [3.63, 3.8) is 0 Å². The van der Waals surface area contributed by atoms with Crippen molar-refractivity contribution in [1.82, 2.24) is 0 Å². The van der Waals surface area contributed by atoms with Gasteiger partial charge in [-0.25, -0.2) is 0 Å². The van der Waals surface area contributed by atoms with Crippen molar-refractivity contribution in [1.29, 1.82) is 0 Å². The second kappa shape index (κ2) is 11.0. The lowest BCUT2D eigenvalue weighted by Crippen LogP contribution is -2.28. The number of carbonyl (C=O) groups excluding carboxylic acids is 2. The molecule has 1 unspecified atom stereocenters. The third-order valence-electron chi connectivity index (χ3n) is 2.37. The van der Waals surface area contributed by atoms with Gasteiger partial charge in [0, 0.05) is 12.8 Å². The fourth-order valence-corrected chi connectivity index (χ4v) is 1.35. The van der Waals surface area contributed by atoms with Crippen LogP contribution in [0.3, 0.4) is 0 Å². The Morgan fingerprint density at radius 2 is 1.78 bits per heavy atom. The number of aliphatic hydroxyl groups is 1. The van der Waals surface area contributed by atoms with Crippen LogP contribution in [0.4, 0.5) is 0 Å². The molecule has 0 spiro atoms. The number of rotatable bonds is 10. The zero-order chi connectivity index (χ0) is 13.8. The normalized spacial score (nSPS) is 11.9. The smallest absolute Gasteiger partial charge is 0.306 e. The minimum Gasteiger partial charge on any atom is -0.462 e. The van der Waals surface area contributed by atoms with E-state index in [1.54, 1.807) is 0 Å². The average Bonchev–Trinajstić information content (AvgIpc) is 2.35. The molecule has 0 bridgehead atoms. The summed E-state index contributed by atoms with van der Waals surface area (Å²) < 4.78 is 9.89. The molecule has 0 rings (SSSR count). The highest BCUT2D eigenvalue weighted by Gasteiger charge is 2.15. The van der Waals surface area contributed by atoms with Gasteiger partial charge in [0.2, 0.25) is 0 Å². The van der Waals surface area contributed by atoms with Crippen LogP contribution in [0.1, 0.15) is 52.4 Å². The third-order valence-corrected chi connectivity index (χ3v) is 2.37. The minimum absolute atomic E-state index is 0.0746. The van der Waals surface area contributed by atoms with E-state index in [9.17, 15) is 9.59 Å². The number of hydrogen-bond donors (Lipinski definition) is 1. The van der Waals surface area contributed by atoms with Gasteiger partial charge in [-0.05, 0) is 12.8 Å². The average molecular weight is 260 g/mol. The van der Waals surface area contributed by atoms with Crippen molar-refractivity contribution in [3.8, 4) is 0 Å². The first-order valence-corrected chi connectivity index (χ1v) is 6.59. The van der Waals surface area contributed by atoms with Crippen LogP contribution in [0.2, 0.25) is 0 Å². The van der Waals surface area contributed by atoms with Gasteiger partial charge in [-0.3, -0.25) is 9.59 Å². The summed E-state index contributed by atoms with van der Waals surface area (Å²) in [5, 5.41) is 9.02. The zero-order valence-corrected chi connectivity index (χ0v) is 11.3. The highest BCUT2D eigenvalue weighted by molar-refractivity contribution is 5.70. The van der Waals surface area contributed by atoms with Crippen molar-refractivity contribution in [2.24, 2.45) is 0 Å². The van der Waals surface area contributed by atoms with Gasteiger partial charge in [0.05, 0.1) is 6.61 Å². The van der Waals surface area contributed by atoms with Crippen LogP contribution in [-0.2, 0) is 19.1 Å². The van der Waals surface area contributed by atoms with E-state index in [4.69, 9.17) is 14.6 Å². The Balaban J connectivity index is 3.81. The minimum atomic E-state index is -0.750. The molecule has 0 saturated carbocycles. The summed E-state index contributed by atoms with van der Waals surface area (Å²) in [6, 6.07) is 0. The van der Waals surface area contributed by atoms with Gasteiger partial charge in [-0.2, -0.15) is 0 Å². The van der Waals surface area contributed by atoms with Crippen LogP contribution < -0.4 is 0 Å². The lowest BCUT2D eigenvalue weighted by atomic mass is 10.2. The van der Waals surface area contributed by atoms with E-state index in [1.165, 1.54) is 0 Å². The maximum Gasteiger partial charge on any atom is 0.306 e. The molecule has 0 heterocycles. The van der Waals surface area contributed by atoms with Crippen molar-refractivity contribution in [3.05, 3.63) is 0 Å². The van der Waals surface area contributed by atoms with Gasteiger partial charge < -0.3 is 14.6 Å². The predicted molar refractivity (Wildman–Crippen MR) is 67.0 cm³/mol. The predicted octanol–water partition coefficient (Wildman–Crippen LogP) is 1.81. The quantitative estimate of drug-likeness (QED) is 0.479. The third kappa shape index (κ3) is 8.98. The first-order valence-electron chi connectivity index (χ1n) is 6.59. The number of hydrogen-bond acceptors (Lipinski definition) is 5. The summed E-state index contributed by atoms with van der Waals surface area (Å²) >= 11 is 0. The molecule has 0 saturated heterocycles. The van der Waals surface area contributed by atoms with E-state index in [0.717, 1.165) is 19.3 Å². The summed E-state index contributed by atoms with van der Waals surface area (Å²) in [4.78, 5) is 22.5. The Morgan fingerprint density at radius 3 is 2.33 bits per heavy atom. The fourth-order valence-electron chi connectivity index (χ4n) is 1.35. The lowest BCUT2D eigenvalue weighted by molar-refractivity contribution is -0.161. The molecule has 0 aliphatic rings. The molecule has 1 N–H and O–H groups in total. The highest BCUT2D eigenvalue weighted by atomic mass is 16.6. The van der Waals surface area contributed by atoms with Gasteiger partial charge >= 0.3 is 11.9 Å². The van der Waals surface area contributed by atoms with E-state index in [0.29, 0.717) is 19.3 Å². The van der Waals surface area contributed by atoms with Gasteiger partial charge in [-0.1, -0.05) is 26.7 Å². The Morgan fingerprint density at radius 1 is 1.06 bits per heavy atom. The van der Waals surface area contributed by atoms with E-state index >= 15 is 0 Å². The lowest BCUT2D eigenvalue weighted by Gasteiger charge is -2.15. The molecule has 1 atom stereocenters. The second-order valence-electron chi connectivity index (χ2n) is 4.18. The Labute approximate surface area is 108 Å². The standard InChI is InChI=1S/C13H24O5/c1-3-5-6-8-13(16)18-11(9-14)10-17-12(15)7-4-2/h11,14H,3-10H2,1-2H3. The molecule has 0 amide bonds. The van der Waals surface area contributed by atoms with Crippen LogP contribution in [-0.4, -0.2) is 36.4 Å². The SMILES string of the molecule is CCCCCC(=O)OC(CO)COC(=O)CCC. The summed E-state index contributed by atoms with van der Waals surface area (Å²) in [6.45, 7) is 3.52. The molecule has 5 heteroatoms. The fraction of sp³-hybridized carbons (Fsp3) is 0.846. The van der Waals surface area contributed by atoms with Gasteiger partial charge in [0.1, 0.15) is 6.61 Å². The Bertz CT molecular complexity index is 240. The van der Waals surface area contributed by atoms with Crippen molar-refractivity contribution in [2.75, 3.05) is 13.2 Å². The number of aliphatic hydroxyl groups excluding tert-OH is 1. The monoisotopic (exact) mass is 260 g/mol. The van der Waals surface area contributed by atoms with Crippen LogP contribution in [0.15, 0.2) is 0 Å². The number of ether oxygens (including phenoxy) is 2. The van der Waals surface area contributed by atoms with E-state index in [2.05, 4.69) is 6.92 Å². The Hall–Kier alpha value is -1.10. The summed E-state index contributed by atoms with van der Waals surface area (Å²) in [5.41, 5.74) is 0. The van der Waals surface area contributed by atoms with Crippen LogP contribution in [0.25, 0.3) is 0 Å². The number of esters is 2. The summed E-state index contributed by atoms with van der Waals surface area (Å²) in [5.74, 6) is -0.688. The highest BCUT2D eigenvalue weighted by Crippen LogP contribution is 2.04. The topological polar surface area (TPSA) is 72.8 Å². The molecule has 0 aromatic rings. The molecule has 106 valence electrons. The first-order chi connectivity index (χ1) is 8.63. The first kappa shape index (κ1) is 16.9. The molecule has 5 nitrogen and oxygen atoms in total. The largest absolute Gasteiger partial charge is 0.462 e. The molecule has 0 radical (unpaired) electrons. The van der Waals surface area contributed by atoms with Gasteiger partial charge in [0.15, 0.2) is 6.10 Å². The molecule has 0 aromatic heterocycles. The zero-order valence-electron chi connectivity index (χ0n) is 11.3. The van der Waals surface area contributed by atoms with Crippen LogP contribution in [0, 0.1) is 0 Å². The van der Waals surface area contributed by atoms with Crippen molar-refractivity contribution in [2.45, 2.75) is 58.5 Å². The molecule has 18 heavy (non-hydrogen) atoms. The molecule has 0 aliphatic carbocycles. The van der Waals surface area contributed by atoms with Crippen LogP contribution in [0.5, 0.6) is 0 Å². The van der Waals surface area contributed by atoms with Crippen molar-refractivity contribution >= 4 is 11.9 Å². The van der Waals surface area contributed by atoms with Crippen molar-refractivity contribution < 1.29 is 24.2 Å². The molecular weight excluding hydrogens is 236 g/mol. The second-order valence-corrected chi connectivity index (χ2v) is 4.18. The van der Waals surface area contributed by atoms with E-state index < -0.39 is 6.10 Å². The molecule has 0 fully saturated rings. The van der Waals surface area contributed by atoms with Gasteiger partial charge in [-0.15, -0.1) is 0 Å². The molecule has 0 aliphatic heterocycles. The Kier molecular flexibility index (Phi) is 10.3. The van der Waals surface area contributed by atoms with Gasteiger partial charge in [0.25, 0.3) is 0 Å². The summed E-state index contributed by atoms with van der Waals surface area (Å²) in [6.07, 6.45) is 3.42. The molecule has 0 aromatic carbocycles. The van der Waals surface area contributed by atoms with E-state index in [1.807, 2.05) is 6.92 Å². The van der Waals surface area contributed by atoms with Crippen LogP contribution >= 0.6 is 0 Å². The number of unbranched alkanes of at least 4 members (excludes halogenated alkanes) is 2.